The van der Waals surface area contributed by atoms with Gasteiger partial charge in [0.05, 0.1) is 0 Å². The third-order valence-corrected chi connectivity index (χ3v) is 3.87. The molecule has 1 N–H and O–H groups in total. The fourth-order valence-electron chi connectivity index (χ4n) is 2.71. The van der Waals surface area contributed by atoms with Gasteiger partial charge < -0.3 is 10.0 Å². The van der Waals surface area contributed by atoms with Gasteiger partial charge in [0.25, 0.3) is 0 Å². The number of aromatic nitrogens is 4. The normalized spacial score (nSPS) is 17.9. The monoisotopic (exact) mass is 315 g/mol. The molecule has 1 aromatic heterocycles. The summed E-state index contributed by atoms with van der Waals surface area (Å²) >= 11 is 0. The number of carbonyl (C=O) groups is 2. The second kappa shape index (κ2) is 6.55. The van der Waals surface area contributed by atoms with E-state index < -0.39 is 12.0 Å². The van der Waals surface area contributed by atoms with Crippen LogP contribution in [0.4, 0.5) is 0 Å². The molecule has 8 nitrogen and oxygen atoms in total. The molecule has 0 unspecified atom stereocenters. The molecule has 3 rings (SSSR count). The van der Waals surface area contributed by atoms with E-state index >= 15 is 0 Å². The Morgan fingerprint density at radius 3 is 2.74 bits per heavy atom. The third-order valence-electron chi connectivity index (χ3n) is 3.87. The van der Waals surface area contributed by atoms with E-state index in [9.17, 15) is 14.7 Å². The van der Waals surface area contributed by atoms with E-state index in [-0.39, 0.29) is 12.5 Å². The molecule has 1 fully saturated rings. The zero-order valence-corrected chi connectivity index (χ0v) is 12.5. The molecule has 0 bridgehead atoms. The predicted molar refractivity (Wildman–Crippen MR) is 80.2 cm³/mol. The minimum atomic E-state index is -0.963. The summed E-state index contributed by atoms with van der Waals surface area (Å²) in [5.41, 5.74) is 0.813. The summed E-state index contributed by atoms with van der Waals surface area (Å²) in [5.74, 6) is -0.824. The first kappa shape index (κ1) is 15.1. The Hall–Kier alpha value is -2.77. The molecule has 1 aliphatic heterocycles. The molecule has 0 spiro atoms. The van der Waals surface area contributed by atoms with Crippen LogP contribution in [0.5, 0.6) is 0 Å². The Morgan fingerprint density at radius 1 is 1.22 bits per heavy atom. The highest BCUT2D eigenvalue weighted by molar-refractivity contribution is 5.83. The lowest BCUT2D eigenvalue weighted by Gasteiger charge is -2.32. The number of piperidine rings is 1. The van der Waals surface area contributed by atoms with Crippen LogP contribution in [-0.2, 0) is 16.1 Å². The first-order chi connectivity index (χ1) is 11.1. The van der Waals surface area contributed by atoms with Gasteiger partial charge in [0.15, 0.2) is 0 Å². The van der Waals surface area contributed by atoms with Gasteiger partial charge in [-0.15, -0.1) is 10.2 Å². The molecule has 120 valence electrons. The third kappa shape index (κ3) is 3.36. The quantitative estimate of drug-likeness (QED) is 0.896. The highest BCUT2D eigenvalue weighted by Crippen LogP contribution is 2.18. The van der Waals surface area contributed by atoms with Crippen molar-refractivity contribution in [3.8, 4) is 11.4 Å². The number of hydrogen-bond acceptors (Lipinski definition) is 5. The van der Waals surface area contributed by atoms with E-state index in [0.29, 0.717) is 18.8 Å². The van der Waals surface area contributed by atoms with Crippen molar-refractivity contribution in [2.24, 2.45) is 0 Å². The van der Waals surface area contributed by atoms with Crippen LogP contribution in [0.15, 0.2) is 30.3 Å². The SMILES string of the molecule is O=C(O)[C@@H]1CCCCN1C(=O)Cn1nnc(-c2ccccc2)n1. The van der Waals surface area contributed by atoms with Crippen LogP contribution < -0.4 is 0 Å². The van der Waals surface area contributed by atoms with E-state index in [0.717, 1.165) is 18.4 Å². The molecular formula is C15H17N5O3. The van der Waals surface area contributed by atoms with Crippen molar-refractivity contribution in [3.05, 3.63) is 30.3 Å². The predicted octanol–water partition coefficient (Wildman–Crippen LogP) is 0.806. The Balaban J connectivity index is 1.70. The number of carboxylic acids is 1. The molecule has 0 aliphatic carbocycles. The van der Waals surface area contributed by atoms with Crippen LogP contribution in [0.1, 0.15) is 19.3 Å². The Kier molecular flexibility index (Phi) is 4.31. The highest BCUT2D eigenvalue weighted by atomic mass is 16.4. The van der Waals surface area contributed by atoms with Crippen molar-refractivity contribution in [3.63, 3.8) is 0 Å². The average Bonchev–Trinajstić information content (AvgIpc) is 3.04. The molecule has 8 heteroatoms. The summed E-state index contributed by atoms with van der Waals surface area (Å²) in [6.45, 7) is 0.347. The number of amides is 1. The van der Waals surface area contributed by atoms with Crippen LogP contribution in [0, 0.1) is 0 Å². The lowest BCUT2D eigenvalue weighted by atomic mass is 10.0. The number of hydrogen-bond donors (Lipinski definition) is 1. The van der Waals surface area contributed by atoms with E-state index in [1.165, 1.54) is 9.70 Å². The summed E-state index contributed by atoms with van der Waals surface area (Å²) in [5, 5.41) is 21.2. The number of nitrogens with zero attached hydrogens (tertiary/aromatic N) is 5. The van der Waals surface area contributed by atoms with E-state index in [2.05, 4.69) is 15.4 Å². The first-order valence-electron chi connectivity index (χ1n) is 7.50. The first-order valence-corrected chi connectivity index (χ1v) is 7.50. The topological polar surface area (TPSA) is 101 Å². The van der Waals surface area contributed by atoms with Gasteiger partial charge in [-0.3, -0.25) is 4.79 Å². The van der Waals surface area contributed by atoms with Gasteiger partial charge in [-0.25, -0.2) is 4.79 Å². The average molecular weight is 315 g/mol. The largest absolute Gasteiger partial charge is 0.480 e. The van der Waals surface area contributed by atoms with E-state index in [1.54, 1.807) is 0 Å². The number of carboxylic acid groups (broad SMARTS) is 1. The Bertz CT molecular complexity index is 700. The molecule has 1 amide bonds. The molecule has 0 radical (unpaired) electrons. The van der Waals surface area contributed by atoms with Gasteiger partial charge in [0.1, 0.15) is 12.6 Å². The molecule has 1 atom stereocenters. The van der Waals surface area contributed by atoms with E-state index in [1.807, 2.05) is 30.3 Å². The van der Waals surface area contributed by atoms with Gasteiger partial charge in [-0.2, -0.15) is 4.80 Å². The van der Waals surface area contributed by atoms with Gasteiger partial charge in [0.2, 0.25) is 11.7 Å². The fraction of sp³-hybridized carbons (Fsp3) is 0.400. The maximum absolute atomic E-state index is 12.4. The minimum absolute atomic E-state index is 0.108. The van der Waals surface area contributed by atoms with Gasteiger partial charge >= 0.3 is 5.97 Å². The smallest absolute Gasteiger partial charge is 0.326 e. The molecule has 23 heavy (non-hydrogen) atoms. The summed E-state index contributed by atoms with van der Waals surface area (Å²) in [6, 6.07) is 8.58. The number of tetrazole rings is 1. The van der Waals surface area contributed by atoms with Crippen LogP contribution >= 0.6 is 0 Å². The zero-order valence-electron chi connectivity index (χ0n) is 12.5. The summed E-state index contributed by atoms with van der Waals surface area (Å²) in [4.78, 5) is 26.2. The number of rotatable bonds is 4. The summed E-state index contributed by atoms with van der Waals surface area (Å²) in [7, 11) is 0. The second-order valence-electron chi connectivity index (χ2n) is 5.45. The van der Waals surface area contributed by atoms with Crippen molar-refractivity contribution < 1.29 is 14.7 Å². The minimum Gasteiger partial charge on any atom is -0.480 e. The fourth-order valence-corrected chi connectivity index (χ4v) is 2.71. The Morgan fingerprint density at radius 2 is 2.00 bits per heavy atom. The van der Waals surface area contributed by atoms with Crippen molar-refractivity contribution >= 4 is 11.9 Å². The maximum atomic E-state index is 12.4. The zero-order chi connectivity index (χ0) is 16.2. The van der Waals surface area contributed by atoms with Crippen molar-refractivity contribution in [2.45, 2.75) is 31.8 Å². The number of benzene rings is 1. The van der Waals surface area contributed by atoms with Crippen LogP contribution in [0.2, 0.25) is 0 Å². The standard InChI is InChI=1S/C15H17N5O3/c21-13(19-9-5-4-8-12(19)15(22)23)10-20-17-14(16-18-20)11-6-2-1-3-7-11/h1-3,6-7,12H,4-5,8-10H2,(H,22,23)/t12-/m0/s1. The lowest BCUT2D eigenvalue weighted by molar-refractivity contribution is -0.152. The summed E-state index contributed by atoms with van der Waals surface area (Å²) < 4.78 is 0. The molecule has 1 aliphatic rings. The number of carbonyl (C=O) groups excluding carboxylic acids is 1. The maximum Gasteiger partial charge on any atom is 0.326 e. The molecule has 0 saturated carbocycles. The van der Waals surface area contributed by atoms with Gasteiger partial charge in [0, 0.05) is 12.1 Å². The Labute approximate surface area is 132 Å². The van der Waals surface area contributed by atoms with Crippen LogP contribution in [0.3, 0.4) is 0 Å². The highest BCUT2D eigenvalue weighted by Gasteiger charge is 2.32. The van der Waals surface area contributed by atoms with Crippen molar-refractivity contribution in [1.29, 1.82) is 0 Å². The molecular weight excluding hydrogens is 298 g/mol. The van der Waals surface area contributed by atoms with E-state index in [4.69, 9.17) is 0 Å². The second-order valence-corrected chi connectivity index (χ2v) is 5.45. The molecule has 1 saturated heterocycles. The lowest BCUT2D eigenvalue weighted by Crippen LogP contribution is -2.49. The van der Waals surface area contributed by atoms with Crippen molar-refractivity contribution in [1.82, 2.24) is 25.1 Å². The number of aliphatic carboxylic acids is 1. The molecule has 1 aromatic carbocycles. The number of likely N-dealkylation sites (tertiary alicyclic amines) is 1. The van der Waals surface area contributed by atoms with Crippen LogP contribution in [-0.4, -0.2) is 54.7 Å². The van der Waals surface area contributed by atoms with Crippen molar-refractivity contribution in [2.75, 3.05) is 6.54 Å². The summed E-state index contributed by atoms with van der Waals surface area (Å²) in [6.07, 6.45) is 2.12. The molecule has 2 heterocycles. The molecule has 2 aromatic rings. The van der Waals surface area contributed by atoms with Gasteiger partial charge in [-0.1, -0.05) is 30.3 Å². The van der Waals surface area contributed by atoms with Gasteiger partial charge in [-0.05, 0) is 24.5 Å². The van der Waals surface area contributed by atoms with Crippen LogP contribution in [0.25, 0.3) is 11.4 Å².